The predicted octanol–water partition coefficient (Wildman–Crippen LogP) is 4.05. The minimum Gasteiger partial charge on any atom is -0.491 e. The Labute approximate surface area is 101 Å². The van der Waals surface area contributed by atoms with Gasteiger partial charge in [0.25, 0.3) is 0 Å². The van der Waals surface area contributed by atoms with Crippen molar-refractivity contribution >= 4 is 15.9 Å². The second-order valence-electron chi connectivity index (χ2n) is 4.27. The van der Waals surface area contributed by atoms with Crippen LogP contribution in [0.4, 0.5) is 0 Å². The Hall–Kier alpha value is -0.500. The Bertz CT molecular complexity index is 279. The van der Waals surface area contributed by atoms with E-state index in [0.29, 0.717) is 5.92 Å². The first-order valence-electron chi connectivity index (χ1n) is 5.43. The van der Waals surface area contributed by atoms with Crippen LogP contribution in [0.5, 0.6) is 5.75 Å². The summed E-state index contributed by atoms with van der Waals surface area (Å²) in [4.78, 5) is 0. The number of hydrogen-bond donors (Lipinski definition) is 0. The lowest BCUT2D eigenvalue weighted by Crippen LogP contribution is -2.05. The summed E-state index contributed by atoms with van der Waals surface area (Å²) in [6.45, 7) is 6.33. The van der Waals surface area contributed by atoms with E-state index in [1.807, 2.05) is 13.8 Å². The van der Waals surface area contributed by atoms with E-state index in [2.05, 4.69) is 47.1 Å². The molecule has 0 saturated carbocycles. The Balaban J connectivity index is 2.56. The van der Waals surface area contributed by atoms with E-state index < -0.39 is 0 Å². The molecule has 0 radical (unpaired) electrons. The third-order valence-corrected chi connectivity index (χ3v) is 3.25. The lowest BCUT2D eigenvalue weighted by Gasteiger charge is -2.11. The Morgan fingerprint density at radius 2 is 1.73 bits per heavy atom. The first kappa shape index (κ1) is 12.6. The second kappa shape index (κ2) is 6.16. The van der Waals surface area contributed by atoms with Crippen LogP contribution in [0.3, 0.4) is 0 Å². The molecule has 15 heavy (non-hydrogen) atoms. The second-order valence-corrected chi connectivity index (χ2v) is 4.92. The quantitative estimate of drug-likeness (QED) is 0.734. The van der Waals surface area contributed by atoms with Gasteiger partial charge in [0.1, 0.15) is 5.75 Å². The smallest absolute Gasteiger partial charge is 0.119 e. The van der Waals surface area contributed by atoms with E-state index in [4.69, 9.17) is 4.74 Å². The SMILES string of the molecule is CC(CBr)Cc1ccc(OC(C)C)cc1. The molecule has 1 aromatic carbocycles. The molecule has 0 heterocycles. The van der Waals surface area contributed by atoms with Crippen molar-refractivity contribution in [2.24, 2.45) is 5.92 Å². The van der Waals surface area contributed by atoms with Gasteiger partial charge >= 0.3 is 0 Å². The summed E-state index contributed by atoms with van der Waals surface area (Å²) in [5.74, 6) is 1.64. The van der Waals surface area contributed by atoms with E-state index in [1.54, 1.807) is 0 Å². The van der Waals surface area contributed by atoms with Crippen molar-refractivity contribution in [3.8, 4) is 5.75 Å². The number of benzene rings is 1. The molecule has 0 spiro atoms. The van der Waals surface area contributed by atoms with Gasteiger partial charge in [0.05, 0.1) is 6.10 Å². The fourth-order valence-corrected chi connectivity index (χ4v) is 1.66. The first-order chi connectivity index (χ1) is 7.11. The Morgan fingerprint density at radius 1 is 1.13 bits per heavy atom. The molecule has 0 saturated heterocycles. The van der Waals surface area contributed by atoms with Crippen molar-refractivity contribution in [1.82, 2.24) is 0 Å². The fourth-order valence-electron chi connectivity index (χ4n) is 1.43. The number of hydrogen-bond acceptors (Lipinski definition) is 1. The molecule has 0 N–H and O–H groups in total. The summed E-state index contributed by atoms with van der Waals surface area (Å²) >= 11 is 3.49. The fraction of sp³-hybridized carbons (Fsp3) is 0.538. The van der Waals surface area contributed by atoms with Crippen molar-refractivity contribution in [3.05, 3.63) is 29.8 Å². The highest BCUT2D eigenvalue weighted by molar-refractivity contribution is 9.09. The van der Waals surface area contributed by atoms with E-state index in [0.717, 1.165) is 17.5 Å². The molecule has 1 atom stereocenters. The van der Waals surface area contributed by atoms with Crippen LogP contribution in [-0.4, -0.2) is 11.4 Å². The first-order valence-corrected chi connectivity index (χ1v) is 6.55. The van der Waals surface area contributed by atoms with Crippen molar-refractivity contribution < 1.29 is 4.74 Å². The number of alkyl halides is 1. The number of halogens is 1. The van der Waals surface area contributed by atoms with Gasteiger partial charge in [-0.15, -0.1) is 0 Å². The maximum Gasteiger partial charge on any atom is 0.119 e. The van der Waals surface area contributed by atoms with Gasteiger partial charge in [-0.3, -0.25) is 0 Å². The number of rotatable bonds is 5. The van der Waals surface area contributed by atoms with E-state index in [9.17, 15) is 0 Å². The van der Waals surface area contributed by atoms with Gasteiger partial charge in [0.15, 0.2) is 0 Å². The molecule has 0 amide bonds. The lowest BCUT2D eigenvalue weighted by molar-refractivity contribution is 0.242. The molecular weight excluding hydrogens is 252 g/mol. The summed E-state index contributed by atoms with van der Waals surface area (Å²) in [5.41, 5.74) is 1.37. The van der Waals surface area contributed by atoms with Crippen LogP contribution in [-0.2, 0) is 6.42 Å². The summed E-state index contributed by atoms with van der Waals surface area (Å²) in [7, 11) is 0. The standard InChI is InChI=1S/C13H19BrO/c1-10(2)15-13-6-4-12(5-7-13)8-11(3)9-14/h4-7,10-11H,8-9H2,1-3H3. The molecular formula is C13H19BrO. The van der Waals surface area contributed by atoms with Gasteiger partial charge in [0, 0.05) is 5.33 Å². The van der Waals surface area contributed by atoms with Crippen LogP contribution in [0.2, 0.25) is 0 Å². The maximum atomic E-state index is 5.59. The lowest BCUT2D eigenvalue weighted by atomic mass is 10.0. The maximum absolute atomic E-state index is 5.59. The highest BCUT2D eigenvalue weighted by Gasteiger charge is 2.02. The molecule has 84 valence electrons. The molecule has 0 aliphatic heterocycles. The van der Waals surface area contributed by atoms with Gasteiger partial charge in [0.2, 0.25) is 0 Å². The molecule has 0 aliphatic rings. The van der Waals surface area contributed by atoms with Crippen molar-refractivity contribution in [2.75, 3.05) is 5.33 Å². The van der Waals surface area contributed by atoms with E-state index >= 15 is 0 Å². The molecule has 1 rings (SSSR count). The molecule has 0 aromatic heterocycles. The van der Waals surface area contributed by atoms with Crippen LogP contribution in [0.15, 0.2) is 24.3 Å². The molecule has 1 unspecified atom stereocenters. The van der Waals surface area contributed by atoms with Crippen LogP contribution < -0.4 is 4.74 Å². The monoisotopic (exact) mass is 270 g/mol. The third kappa shape index (κ3) is 4.70. The van der Waals surface area contributed by atoms with Gasteiger partial charge < -0.3 is 4.74 Å². The normalized spacial score (nSPS) is 12.9. The molecule has 1 nitrogen and oxygen atoms in total. The zero-order valence-electron chi connectivity index (χ0n) is 9.66. The summed E-state index contributed by atoms with van der Waals surface area (Å²) in [6.07, 6.45) is 1.37. The molecule has 2 heteroatoms. The Kier molecular flexibility index (Phi) is 5.16. The topological polar surface area (TPSA) is 9.23 Å². The summed E-state index contributed by atoms with van der Waals surface area (Å²) < 4.78 is 5.59. The highest BCUT2D eigenvalue weighted by Crippen LogP contribution is 2.16. The predicted molar refractivity (Wildman–Crippen MR) is 68.9 cm³/mol. The Morgan fingerprint density at radius 3 is 2.20 bits per heavy atom. The minimum absolute atomic E-state index is 0.248. The van der Waals surface area contributed by atoms with Crippen molar-refractivity contribution in [1.29, 1.82) is 0 Å². The van der Waals surface area contributed by atoms with Gasteiger partial charge in [-0.1, -0.05) is 35.0 Å². The van der Waals surface area contributed by atoms with Crippen LogP contribution >= 0.6 is 15.9 Å². The largest absolute Gasteiger partial charge is 0.491 e. The third-order valence-electron chi connectivity index (χ3n) is 2.14. The van der Waals surface area contributed by atoms with Crippen molar-refractivity contribution in [2.45, 2.75) is 33.3 Å². The average molecular weight is 271 g/mol. The van der Waals surface area contributed by atoms with Gasteiger partial charge in [-0.05, 0) is 43.9 Å². The van der Waals surface area contributed by atoms with Crippen LogP contribution in [0, 0.1) is 5.92 Å². The molecule has 0 fully saturated rings. The van der Waals surface area contributed by atoms with Crippen molar-refractivity contribution in [3.63, 3.8) is 0 Å². The summed E-state index contributed by atoms with van der Waals surface area (Å²) in [5, 5.41) is 1.05. The van der Waals surface area contributed by atoms with Crippen LogP contribution in [0.25, 0.3) is 0 Å². The van der Waals surface area contributed by atoms with Gasteiger partial charge in [-0.2, -0.15) is 0 Å². The average Bonchev–Trinajstić information content (AvgIpc) is 2.20. The van der Waals surface area contributed by atoms with E-state index in [1.165, 1.54) is 5.56 Å². The molecule has 0 aliphatic carbocycles. The molecule has 0 bridgehead atoms. The van der Waals surface area contributed by atoms with Gasteiger partial charge in [-0.25, -0.2) is 0 Å². The minimum atomic E-state index is 0.248. The zero-order valence-corrected chi connectivity index (χ0v) is 11.3. The van der Waals surface area contributed by atoms with Crippen LogP contribution in [0.1, 0.15) is 26.3 Å². The highest BCUT2D eigenvalue weighted by atomic mass is 79.9. The number of ether oxygens (including phenoxy) is 1. The zero-order chi connectivity index (χ0) is 11.3. The summed E-state index contributed by atoms with van der Waals surface area (Å²) in [6, 6.07) is 8.40. The van der Waals surface area contributed by atoms with E-state index in [-0.39, 0.29) is 6.10 Å². The molecule has 1 aromatic rings.